The number of hydrogen-bond donors (Lipinski definition) is 1. The minimum Gasteiger partial charge on any atom is -0.398 e. The molecule has 0 bridgehead atoms. The molecule has 0 aliphatic heterocycles. The van der Waals surface area contributed by atoms with Crippen molar-refractivity contribution < 1.29 is 22.9 Å². The van der Waals surface area contributed by atoms with E-state index in [2.05, 4.69) is 0 Å². The van der Waals surface area contributed by atoms with E-state index in [-0.39, 0.29) is 0 Å². The molecule has 0 heterocycles. The second-order valence-electron chi connectivity index (χ2n) is 3.27. The molecule has 5 nitrogen and oxygen atoms in total. The number of Topliss-reactive ketones (excluding diaryl/α,β-unsaturated/α-hetero) is 1. The van der Waals surface area contributed by atoms with Crippen LogP contribution in [-0.4, -0.2) is 10.7 Å². The summed E-state index contributed by atoms with van der Waals surface area (Å²) in [5.41, 5.74) is 1.73. The molecule has 8 heteroatoms. The molecule has 0 saturated heterocycles. The molecule has 1 rings (SSSR count). The molecule has 0 unspecified atom stereocenters. The van der Waals surface area contributed by atoms with Gasteiger partial charge in [-0.2, -0.15) is 13.2 Å². The van der Waals surface area contributed by atoms with E-state index in [1.807, 2.05) is 0 Å². The average molecular weight is 248 g/mol. The Hall–Kier alpha value is -2.12. The standard InChI is InChI=1S/C9H7F3N2O3/c1-4(15)8-6(9(10,11)12)2-5(14(16)17)3-7(8)13/h2-3H,13H2,1H3. The zero-order chi connectivity index (χ0) is 13.4. The summed E-state index contributed by atoms with van der Waals surface area (Å²) in [6.45, 7) is 0.909. The van der Waals surface area contributed by atoms with E-state index in [9.17, 15) is 28.1 Å². The van der Waals surface area contributed by atoms with E-state index in [1.54, 1.807) is 0 Å². The third-order valence-corrected chi connectivity index (χ3v) is 2.02. The summed E-state index contributed by atoms with van der Waals surface area (Å²) in [6.07, 6.45) is -4.87. The largest absolute Gasteiger partial charge is 0.417 e. The Morgan fingerprint density at radius 2 is 1.94 bits per heavy atom. The van der Waals surface area contributed by atoms with Crippen LogP contribution in [-0.2, 0) is 6.18 Å². The van der Waals surface area contributed by atoms with Crippen LogP contribution in [0.2, 0.25) is 0 Å². The first-order valence-corrected chi connectivity index (χ1v) is 4.30. The van der Waals surface area contributed by atoms with Crippen molar-refractivity contribution in [3.8, 4) is 0 Å². The lowest BCUT2D eigenvalue weighted by atomic mass is 10.0. The summed E-state index contributed by atoms with van der Waals surface area (Å²) in [5, 5.41) is 10.4. The van der Waals surface area contributed by atoms with Crippen LogP contribution in [0, 0.1) is 10.1 Å². The molecule has 92 valence electrons. The summed E-state index contributed by atoms with van der Waals surface area (Å²) in [4.78, 5) is 20.5. The highest BCUT2D eigenvalue weighted by Crippen LogP contribution is 2.37. The molecule has 1 aromatic carbocycles. The Labute approximate surface area is 93.2 Å². The third-order valence-electron chi connectivity index (χ3n) is 2.02. The second kappa shape index (κ2) is 4.04. The summed E-state index contributed by atoms with van der Waals surface area (Å²) >= 11 is 0. The first kappa shape index (κ1) is 12.9. The highest BCUT2D eigenvalue weighted by atomic mass is 19.4. The van der Waals surface area contributed by atoms with Crippen LogP contribution in [0.1, 0.15) is 22.8 Å². The van der Waals surface area contributed by atoms with Gasteiger partial charge in [-0.25, -0.2) is 0 Å². The number of anilines is 1. The quantitative estimate of drug-likeness (QED) is 0.377. The lowest BCUT2D eigenvalue weighted by Crippen LogP contribution is -2.14. The number of nitro benzene ring substituents is 1. The number of nitrogens with zero attached hydrogens (tertiary/aromatic N) is 1. The number of rotatable bonds is 2. The average Bonchev–Trinajstić information content (AvgIpc) is 2.14. The van der Waals surface area contributed by atoms with Crippen LogP contribution in [0.3, 0.4) is 0 Å². The highest BCUT2D eigenvalue weighted by molar-refractivity contribution is 6.01. The molecule has 0 atom stereocenters. The maximum absolute atomic E-state index is 12.6. The van der Waals surface area contributed by atoms with Gasteiger partial charge in [0.2, 0.25) is 0 Å². The van der Waals surface area contributed by atoms with E-state index in [4.69, 9.17) is 5.73 Å². The molecule has 0 radical (unpaired) electrons. The van der Waals surface area contributed by atoms with Crippen LogP contribution in [0.5, 0.6) is 0 Å². The summed E-state index contributed by atoms with van der Waals surface area (Å²) < 4.78 is 37.8. The van der Waals surface area contributed by atoms with Crippen LogP contribution in [0.15, 0.2) is 12.1 Å². The topological polar surface area (TPSA) is 86.2 Å². The number of nitrogens with two attached hydrogens (primary N) is 1. The van der Waals surface area contributed by atoms with Gasteiger partial charge in [0, 0.05) is 17.8 Å². The number of carbonyl (C=O) groups is 1. The fourth-order valence-electron chi connectivity index (χ4n) is 1.37. The lowest BCUT2D eigenvalue weighted by Gasteiger charge is -2.12. The maximum atomic E-state index is 12.6. The predicted molar refractivity (Wildman–Crippen MR) is 52.5 cm³/mol. The minimum atomic E-state index is -4.87. The molecule has 0 aromatic heterocycles. The summed E-state index contributed by atoms with van der Waals surface area (Å²) in [6, 6.07) is 1.03. The van der Waals surface area contributed by atoms with Crippen LogP contribution >= 0.6 is 0 Å². The fraction of sp³-hybridized carbons (Fsp3) is 0.222. The fourth-order valence-corrected chi connectivity index (χ4v) is 1.37. The monoisotopic (exact) mass is 248 g/mol. The van der Waals surface area contributed by atoms with Crippen molar-refractivity contribution in [3.05, 3.63) is 33.4 Å². The Bertz CT molecular complexity index is 497. The number of non-ortho nitro benzene ring substituents is 1. The second-order valence-corrected chi connectivity index (χ2v) is 3.27. The highest BCUT2D eigenvalue weighted by Gasteiger charge is 2.37. The van der Waals surface area contributed by atoms with Gasteiger partial charge in [-0.05, 0) is 6.92 Å². The van der Waals surface area contributed by atoms with Crippen LogP contribution in [0.4, 0.5) is 24.5 Å². The first-order chi connectivity index (χ1) is 7.64. The van der Waals surface area contributed by atoms with Gasteiger partial charge in [0.1, 0.15) is 0 Å². The van der Waals surface area contributed by atoms with Gasteiger partial charge in [-0.3, -0.25) is 14.9 Å². The summed E-state index contributed by atoms with van der Waals surface area (Å²) in [7, 11) is 0. The van der Waals surface area contributed by atoms with Crippen molar-refractivity contribution >= 4 is 17.2 Å². The van der Waals surface area contributed by atoms with Gasteiger partial charge < -0.3 is 5.73 Å². The lowest BCUT2D eigenvalue weighted by molar-refractivity contribution is -0.385. The molecule has 0 aliphatic rings. The van der Waals surface area contributed by atoms with Crippen molar-refractivity contribution in [2.75, 3.05) is 5.73 Å². The number of hydrogen-bond acceptors (Lipinski definition) is 4. The van der Waals surface area contributed by atoms with Crippen molar-refractivity contribution in [3.63, 3.8) is 0 Å². The zero-order valence-electron chi connectivity index (χ0n) is 8.54. The molecule has 0 amide bonds. The van der Waals surface area contributed by atoms with Gasteiger partial charge in [-0.1, -0.05) is 0 Å². The molecule has 1 aromatic rings. The Balaban J connectivity index is 3.62. The predicted octanol–water partition coefficient (Wildman–Crippen LogP) is 2.40. The van der Waals surface area contributed by atoms with Crippen molar-refractivity contribution in [2.24, 2.45) is 0 Å². The Kier molecular flexibility index (Phi) is 3.08. The number of alkyl halides is 3. The van der Waals surface area contributed by atoms with Gasteiger partial charge >= 0.3 is 6.18 Å². The van der Waals surface area contributed by atoms with Gasteiger partial charge in [0.25, 0.3) is 5.69 Å². The first-order valence-electron chi connectivity index (χ1n) is 4.30. The Morgan fingerprint density at radius 1 is 1.41 bits per heavy atom. The van der Waals surface area contributed by atoms with Crippen LogP contribution in [0.25, 0.3) is 0 Å². The van der Waals surface area contributed by atoms with Crippen LogP contribution < -0.4 is 5.73 Å². The molecule has 0 aliphatic carbocycles. The van der Waals surface area contributed by atoms with Gasteiger partial charge in [0.15, 0.2) is 5.78 Å². The molecule has 0 spiro atoms. The van der Waals surface area contributed by atoms with Gasteiger partial charge in [-0.15, -0.1) is 0 Å². The molecule has 0 fully saturated rings. The van der Waals surface area contributed by atoms with Gasteiger partial charge in [0.05, 0.1) is 16.1 Å². The molecule has 17 heavy (non-hydrogen) atoms. The molecular weight excluding hydrogens is 241 g/mol. The zero-order valence-corrected chi connectivity index (χ0v) is 8.54. The molecule has 2 N–H and O–H groups in total. The Morgan fingerprint density at radius 3 is 2.29 bits per heavy atom. The summed E-state index contributed by atoms with van der Waals surface area (Å²) in [5.74, 6) is -0.898. The SMILES string of the molecule is CC(=O)c1c(N)cc([N+](=O)[O-])cc1C(F)(F)F. The van der Waals surface area contributed by atoms with Crippen molar-refractivity contribution in [1.82, 2.24) is 0 Å². The smallest absolute Gasteiger partial charge is 0.398 e. The van der Waals surface area contributed by atoms with E-state index in [0.29, 0.717) is 6.07 Å². The van der Waals surface area contributed by atoms with E-state index in [0.717, 1.165) is 13.0 Å². The van der Waals surface area contributed by atoms with E-state index < -0.39 is 39.4 Å². The number of carbonyl (C=O) groups excluding carboxylic acids is 1. The third kappa shape index (κ3) is 2.52. The number of nitrogen functional groups attached to an aromatic ring is 1. The molecule has 0 saturated carbocycles. The number of nitro groups is 1. The van der Waals surface area contributed by atoms with Crippen molar-refractivity contribution in [1.29, 1.82) is 0 Å². The van der Waals surface area contributed by atoms with E-state index >= 15 is 0 Å². The minimum absolute atomic E-state index is 0.299. The van der Waals surface area contributed by atoms with Crippen molar-refractivity contribution in [2.45, 2.75) is 13.1 Å². The normalized spacial score (nSPS) is 11.3. The number of benzene rings is 1. The molecular formula is C9H7F3N2O3. The van der Waals surface area contributed by atoms with E-state index in [1.165, 1.54) is 0 Å². The maximum Gasteiger partial charge on any atom is 0.417 e. The number of ketones is 1. The number of halogens is 3.